The van der Waals surface area contributed by atoms with Crippen molar-refractivity contribution < 1.29 is 23.5 Å². The number of hydrogen-bond acceptors (Lipinski definition) is 2. The molecule has 130 valence electrons. The molecule has 3 atom stereocenters. The molecule has 0 aromatic heterocycles. The van der Waals surface area contributed by atoms with E-state index in [-0.39, 0.29) is 35.6 Å². The maximum Gasteiger partial charge on any atom is 0.303 e. The zero-order valence-electron chi connectivity index (χ0n) is 13.4. The van der Waals surface area contributed by atoms with E-state index in [1.54, 1.807) is 4.90 Å². The molecule has 1 aliphatic carbocycles. The molecule has 0 radical (unpaired) electrons. The summed E-state index contributed by atoms with van der Waals surface area (Å²) < 4.78 is 27.1. The summed E-state index contributed by atoms with van der Waals surface area (Å²) >= 11 is 0. The van der Waals surface area contributed by atoms with Crippen molar-refractivity contribution in [3.8, 4) is 0 Å². The topological polar surface area (TPSA) is 57.6 Å². The second-order valence-electron chi connectivity index (χ2n) is 6.84. The molecule has 1 aromatic carbocycles. The fourth-order valence-electron chi connectivity index (χ4n) is 3.67. The molecule has 1 aromatic rings. The average molecular weight is 337 g/mol. The molecular formula is C18H21F2NO3. The van der Waals surface area contributed by atoms with Crippen LogP contribution in [0.1, 0.15) is 43.6 Å². The maximum absolute atomic E-state index is 13.8. The van der Waals surface area contributed by atoms with Crippen molar-refractivity contribution in [1.82, 2.24) is 4.90 Å². The van der Waals surface area contributed by atoms with E-state index < -0.39 is 17.6 Å². The summed E-state index contributed by atoms with van der Waals surface area (Å²) in [6, 6.07) is 3.36. The predicted molar refractivity (Wildman–Crippen MR) is 83.4 cm³/mol. The first-order valence-corrected chi connectivity index (χ1v) is 8.41. The minimum Gasteiger partial charge on any atom is -0.481 e. The van der Waals surface area contributed by atoms with E-state index in [2.05, 4.69) is 0 Å². The summed E-state index contributed by atoms with van der Waals surface area (Å²) in [4.78, 5) is 25.1. The van der Waals surface area contributed by atoms with Crippen LogP contribution in [0.3, 0.4) is 0 Å². The highest BCUT2D eigenvalue weighted by Crippen LogP contribution is 2.49. The summed E-state index contributed by atoms with van der Waals surface area (Å²) in [5.74, 6) is -2.09. The first kappa shape index (κ1) is 16.9. The molecule has 2 fully saturated rings. The summed E-state index contributed by atoms with van der Waals surface area (Å²) in [5, 5.41) is 8.78. The summed E-state index contributed by atoms with van der Waals surface area (Å²) in [7, 11) is 0. The van der Waals surface area contributed by atoms with Gasteiger partial charge in [0.1, 0.15) is 11.6 Å². The Balaban J connectivity index is 1.59. The standard InChI is InChI=1S/C18H21F2NO3/c19-12-4-5-16(20)14(8-12)13-9-15(13)18(24)21-7-1-2-11(10-21)3-6-17(22)23/h4-5,8,11,13,15H,1-3,6-7,9-10H2,(H,22,23)/t11-,13-,15+/m0/s1. The van der Waals surface area contributed by atoms with Gasteiger partial charge in [0, 0.05) is 25.4 Å². The van der Waals surface area contributed by atoms with Gasteiger partial charge in [-0.3, -0.25) is 9.59 Å². The van der Waals surface area contributed by atoms with Gasteiger partial charge >= 0.3 is 5.97 Å². The molecule has 1 aliphatic heterocycles. The number of rotatable bonds is 5. The van der Waals surface area contributed by atoms with E-state index >= 15 is 0 Å². The smallest absolute Gasteiger partial charge is 0.303 e. The van der Waals surface area contributed by atoms with Gasteiger partial charge in [0.25, 0.3) is 0 Å². The third-order valence-corrected chi connectivity index (χ3v) is 5.06. The third kappa shape index (κ3) is 3.74. The molecule has 1 amide bonds. The van der Waals surface area contributed by atoms with Crippen LogP contribution in [0.15, 0.2) is 18.2 Å². The number of carbonyl (C=O) groups excluding carboxylic acids is 1. The molecule has 0 unspecified atom stereocenters. The second kappa shape index (κ2) is 6.87. The highest BCUT2D eigenvalue weighted by molar-refractivity contribution is 5.83. The zero-order valence-corrected chi connectivity index (χ0v) is 13.4. The summed E-state index contributed by atoms with van der Waals surface area (Å²) in [6.45, 7) is 1.23. The van der Waals surface area contributed by atoms with Crippen LogP contribution < -0.4 is 0 Å². The molecule has 1 saturated heterocycles. The number of aliphatic carboxylic acids is 1. The Morgan fingerprint density at radius 3 is 2.83 bits per heavy atom. The van der Waals surface area contributed by atoms with Gasteiger partial charge in [0.15, 0.2) is 0 Å². The fraction of sp³-hybridized carbons (Fsp3) is 0.556. The molecule has 1 heterocycles. The number of carboxylic acids is 1. The van der Waals surface area contributed by atoms with E-state index in [9.17, 15) is 18.4 Å². The van der Waals surface area contributed by atoms with E-state index in [1.165, 1.54) is 6.07 Å². The van der Waals surface area contributed by atoms with Gasteiger partial charge in [0.05, 0.1) is 0 Å². The monoisotopic (exact) mass is 337 g/mol. The molecule has 0 spiro atoms. The Hall–Kier alpha value is -1.98. The highest BCUT2D eigenvalue weighted by Gasteiger charge is 2.47. The lowest BCUT2D eigenvalue weighted by atomic mass is 9.93. The highest BCUT2D eigenvalue weighted by atomic mass is 19.1. The molecule has 4 nitrogen and oxygen atoms in total. The molecule has 6 heteroatoms. The van der Waals surface area contributed by atoms with E-state index in [4.69, 9.17) is 5.11 Å². The van der Waals surface area contributed by atoms with Crippen LogP contribution in [0, 0.1) is 23.5 Å². The molecular weight excluding hydrogens is 316 g/mol. The number of carbonyl (C=O) groups is 2. The van der Waals surface area contributed by atoms with Crippen LogP contribution in [0.5, 0.6) is 0 Å². The maximum atomic E-state index is 13.8. The van der Waals surface area contributed by atoms with Crippen molar-refractivity contribution >= 4 is 11.9 Å². The lowest BCUT2D eigenvalue weighted by Gasteiger charge is -2.33. The molecule has 1 N–H and O–H groups in total. The number of halogens is 2. The normalized spacial score (nSPS) is 26.2. The Labute approximate surface area is 139 Å². The molecule has 2 aliphatic rings. The van der Waals surface area contributed by atoms with Gasteiger partial charge in [0.2, 0.25) is 5.91 Å². The number of carboxylic acid groups (broad SMARTS) is 1. The van der Waals surface area contributed by atoms with Crippen LogP contribution in [-0.2, 0) is 9.59 Å². The van der Waals surface area contributed by atoms with Crippen molar-refractivity contribution in [2.24, 2.45) is 11.8 Å². The van der Waals surface area contributed by atoms with Crippen LogP contribution in [-0.4, -0.2) is 35.0 Å². The SMILES string of the molecule is O=C(O)CC[C@@H]1CCCN(C(=O)[C@@H]2C[C@H]2c2cc(F)ccc2F)C1. The van der Waals surface area contributed by atoms with Gasteiger partial charge in [-0.1, -0.05) is 0 Å². The lowest BCUT2D eigenvalue weighted by Crippen LogP contribution is -2.41. The Morgan fingerprint density at radius 1 is 1.29 bits per heavy atom. The number of nitrogens with zero attached hydrogens (tertiary/aromatic N) is 1. The largest absolute Gasteiger partial charge is 0.481 e. The van der Waals surface area contributed by atoms with Gasteiger partial charge in [-0.25, -0.2) is 8.78 Å². The first-order valence-electron chi connectivity index (χ1n) is 8.41. The molecule has 1 saturated carbocycles. The number of piperidine rings is 1. The number of likely N-dealkylation sites (tertiary alicyclic amines) is 1. The van der Waals surface area contributed by atoms with Gasteiger partial charge in [-0.2, -0.15) is 0 Å². The second-order valence-corrected chi connectivity index (χ2v) is 6.84. The minimum atomic E-state index is -0.817. The Kier molecular flexibility index (Phi) is 4.83. The zero-order chi connectivity index (χ0) is 17.3. The van der Waals surface area contributed by atoms with E-state index in [1.807, 2.05) is 0 Å². The number of amides is 1. The van der Waals surface area contributed by atoms with Gasteiger partial charge in [-0.15, -0.1) is 0 Å². The lowest BCUT2D eigenvalue weighted by molar-refractivity contribution is -0.137. The van der Waals surface area contributed by atoms with Crippen molar-refractivity contribution in [1.29, 1.82) is 0 Å². The first-order chi connectivity index (χ1) is 11.5. The summed E-state index contributed by atoms with van der Waals surface area (Å²) in [5.41, 5.74) is 0.285. The van der Waals surface area contributed by atoms with Gasteiger partial charge < -0.3 is 10.0 Å². The molecule has 24 heavy (non-hydrogen) atoms. The molecule has 0 bridgehead atoms. The number of hydrogen-bond donors (Lipinski definition) is 1. The summed E-state index contributed by atoms with van der Waals surface area (Å²) in [6.07, 6.45) is 3.04. The molecule has 3 rings (SSSR count). The third-order valence-electron chi connectivity index (χ3n) is 5.06. The van der Waals surface area contributed by atoms with Crippen LogP contribution >= 0.6 is 0 Å². The quantitative estimate of drug-likeness (QED) is 0.898. The minimum absolute atomic E-state index is 0.0105. The van der Waals surface area contributed by atoms with Crippen LogP contribution in [0.4, 0.5) is 8.78 Å². The fourth-order valence-corrected chi connectivity index (χ4v) is 3.67. The van der Waals surface area contributed by atoms with Crippen molar-refractivity contribution in [2.75, 3.05) is 13.1 Å². The van der Waals surface area contributed by atoms with E-state index in [0.29, 0.717) is 25.9 Å². The van der Waals surface area contributed by atoms with Crippen molar-refractivity contribution in [2.45, 2.75) is 38.0 Å². The van der Waals surface area contributed by atoms with Crippen molar-refractivity contribution in [3.63, 3.8) is 0 Å². The average Bonchev–Trinajstić information content (AvgIpc) is 3.35. The predicted octanol–water partition coefficient (Wildman–Crippen LogP) is 3.17. The van der Waals surface area contributed by atoms with Gasteiger partial charge in [-0.05, 0) is 61.3 Å². The van der Waals surface area contributed by atoms with Crippen LogP contribution in [0.25, 0.3) is 0 Å². The van der Waals surface area contributed by atoms with Crippen molar-refractivity contribution in [3.05, 3.63) is 35.4 Å². The van der Waals surface area contributed by atoms with E-state index in [0.717, 1.165) is 25.0 Å². The Morgan fingerprint density at radius 2 is 2.08 bits per heavy atom. The number of benzene rings is 1. The Bertz CT molecular complexity index is 649. The van der Waals surface area contributed by atoms with Crippen LogP contribution in [0.2, 0.25) is 0 Å².